The third kappa shape index (κ3) is 4.41. The summed E-state index contributed by atoms with van der Waals surface area (Å²) in [4.78, 5) is 0. The van der Waals surface area contributed by atoms with Gasteiger partial charge >= 0.3 is 0 Å². The summed E-state index contributed by atoms with van der Waals surface area (Å²) < 4.78 is 18.7. The third-order valence-electron chi connectivity index (χ3n) is 6.44. The van der Waals surface area contributed by atoms with Gasteiger partial charge in [0.15, 0.2) is 0 Å². The second-order valence-corrected chi connectivity index (χ2v) is 13.8. The van der Waals surface area contributed by atoms with Gasteiger partial charge in [0.1, 0.15) is 6.10 Å². The van der Waals surface area contributed by atoms with Crippen molar-refractivity contribution in [1.29, 1.82) is 0 Å². The average Bonchev–Trinajstić information content (AvgIpc) is 3.49. The normalized spacial score (nSPS) is 27.1. The monoisotopic (exact) mass is 426 g/mol. The van der Waals surface area contributed by atoms with Gasteiger partial charge < -0.3 is 19.0 Å². The van der Waals surface area contributed by atoms with Gasteiger partial charge in [0.05, 0.1) is 24.9 Å². The van der Waals surface area contributed by atoms with Gasteiger partial charge in [-0.1, -0.05) is 81.4 Å². The van der Waals surface area contributed by atoms with Crippen molar-refractivity contribution in [3.63, 3.8) is 0 Å². The SMILES string of the molecule is CC(C)(C)[Si](OC[C@H]1O[C@@H]1C[C@H]1OCCC[C@@H]1O)(c1ccccc1)c1ccccc1. The summed E-state index contributed by atoms with van der Waals surface area (Å²) in [7, 11) is -2.53. The van der Waals surface area contributed by atoms with Gasteiger partial charge in [-0.15, -0.1) is 0 Å². The Morgan fingerprint density at radius 3 is 2.07 bits per heavy atom. The molecular weight excluding hydrogens is 392 g/mol. The molecule has 2 heterocycles. The number of aliphatic hydroxyl groups is 1. The van der Waals surface area contributed by atoms with Crippen LogP contribution in [0.15, 0.2) is 60.7 Å². The van der Waals surface area contributed by atoms with Crippen molar-refractivity contribution in [2.75, 3.05) is 13.2 Å². The maximum Gasteiger partial charge on any atom is 0.261 e. The first-order valence-corrected chi connectivity index (χ1v) is 13.0. The lowest BCUT2D eigenvalue weighted by molar-refractivity contribution is -0.0791. The second kappa shape index (κ2) is 8.93. The van der Waals surface area contributed by atoms with Crippen LogP contribution in [0.3, 0.4) is 0 Å². The van der Waals surface area contributed by atoms with E-state index in [9.17, 15) is 5.11 Å². The highest BCUT2D eigenvalue weighted by molar-refractivity contribution is 6.99. The fourth-order valence-electron chi connectivity index (χ4n) is 4.78. The third-order valence-corrected chi connectivity index (χ3v) is 11.4. The molecule has 4 rings (SSSR count). The van der Waals surface area contributed by atoms with E-state index in [0.717, 1.165) is 25.9 Å². The van der Waals surface area contributed by atoms with Crippen LogP contribution in [0.4, 0.5) is 0 Å². The number of hydrogen-bond donors (Lipinski definition) is 1. The van der Waals surface area contributed by atoms with E-state index < -0.39 is 8.32 Å². The van der Waals surface area contributed by atoms with E-state index in [4.69, 9.17) is 13.9 Å². The number of benzene rings is 2. The van der Waals surface area contributed by atoms with Gasteiger partial charge in [-0.05, 0) is 28.3 Å². The van der Waals surface area contributed by atoms with E-state index in [2.05, 4.69) is 81.4 Å². The van der Waals surface area contributed by atoms with Crippen LogP contribution < -0.4 is 10.4 Å². The van der Waals surface area contributed by atoms with Gasteiger partial charge in [-0.25, -0.2) is 0 Å². The second-order valence-electron chi connectivity index (χ2n) is 9.54. The molecular formula is C25H34O4Si. The minimum atomic E-state index is -2.53. The number of rotatable bonds is 7. The highest BCUT2D eigenvalue weighted by Gasteiger charge is 2.52. The van der Waals surface area contributed by atoms with E-state index in [-0.39, 0.29) is 29.5 Å². The molecule has 162 valence electrons. The van der Waals surface area contributed by atoms with Crippen molar-refractivity contribution in [3.8, 4) is 0 Å². The number of hydrogen-bond acceptors (Lipinski definition) is 4. The van der Waals surface area contributed by atoms with Crippen LogP contribution >= 0.6 is 0 Å². The molecule has 4 atom stereocenters. The lowest BCUT2D eigenvalue weighted by Crippen LogP contribution is -2.66. The zero-order valence-electron chi connectivity index (χ0n) is 18.3. The molecule has 2 saturated heterocycles. The maximum absolute atomic E-state index is 10.2. The van der Waals surface area contributed by atoms with Crippen LogP contribution in [0.25, 0.3) is 0 Å². The first kappa shape index (κ1) is 21.7. The molecule has 4 nitrogen and oxygen atoms in total. The van der Waals surface area contributed by atoms with Crippen molar-refractivity contribution in [2.45, 2.75) is 69.5 Å². The van der Waals surface area contributed by atoms with Gasteiger partial charge in [0, 0.05) is 13.0 Å². The average molecular weight is 427 g/mol. The Kier molecular flexibility index (Phi) is 6.46. The molecule has 2 fully saturated rings. The summed E-state index contributed by atoms with van der Waals surface area (Å²) in [5.74, 6) is 0. The highest BCUT2D eigenvalue weighted by Crippen LogP contribution is 2.38. The first-order chi connectivity index (χ1) is 14.4. The van der Waals surface area contributed by atoms with Crippen molar-refractivity contribution in [3.05, 3.63) is 60.7 Å². The molecule has 0 aliphatic carbocycles. The molecule has 0 unspecified atom stereocenters. The Hall–Kier alpha value is -1.50. The largest absolute Gasteiger partial charge is 0.405 e. The topological polar surface area (TPSA) is 51.2 Å². The minimum Gasteiger partial charge on any atom is -0.405 e. The summed E-state index contributed by atoms with van der Waals surface area (Å²) >= 11 is 0. The summed E-state index contributed by atoms with van der Waals surface area (Å²) in [6.45, 7) is 8.17. The summed E-state index contributed by atoms with van der Waals surface area (Å²) in [5, 5.41) is 12.7. The summed E-state index contributed by atoms with van der Waals surface area (Å²) in [5.41, 5.74) is 0. The molecule has 1 N–H and O–H groups in total. The lowest BCUT2D eigenvalue weighted by atomic mass is 10.0. The van der Waals surface area contributed by atoms with E-state index in [0.29, 0.717) is 6.61 Å². The molecule has 0 bridgehead atoms. The molecule has 2 aliphatic rings. The molecule has 2 aliphatic heterocycles. The van der Waals surface area contributed by atoms with E-state index in [1.807, 2.05) is 0 Å². The van der Waals surface area contributed by atoms with Crippen LogP contribution in [0, 0.1) is 0 Å². The minimum absolute atomic E-state index is 0.0389. The molecule has 2 aromatic carbocycles. The van der Waals surface area contributed by atoms with Crippen molar-refractivity contribution < 1.29 is 19.0 Å². The molecule has 0 aromatic heterocycles. The van der Waals surface area contributed by atoms with Crippen LogP contribution in [-0.2, 0) is 13.9 Å². The van der Waals surface area contributed by atoms with Crippen molar-refractivity contribution >= 4 is 18.7 Å². The predicted molar refractivity (Wildman–Crippen MR) is 122 cm³/mol. The Morgan fingerprint density at radius 1 is 0.933 bits per heavy atom. The highest BCUT2D eigenvalue weighted by atomic mass is 28.4. The first-order valence-electron chi connectivity index (χ1n) is 11.1. The van der Waals surface area contributed by atoms with Gasteiger partial charge in [-0.3, -0.25) is 0 Å². The van der Waals surface area contributed by atoms with E-state index in [1.165, 1.54) is 10.4 Å². The molecule has 30 heavy (non-hydrogen) atoms. The molecule has 0 radical (unpaired) electrons. The number of ether oxygens (including phenoxy) is 2. The Labute approximate surface area is 181 Å². The van der Waals surface area contributed by atoms with Gasteiger partial charge in [-0.2, -0.15) is 0 Å². The van der Waals surface area contributed by atoms with Gasteiger partial charge in [0.2, 0.25) is 0 Å². The van der Waals surface area contributed by atoms with Crippen LogP contribution in [-0.4, -0.2) is 51.1 Å². The lowest BCUT2D eigenvalue weighted by Gasteiger charge is -2.43. The van der Waals surface area contributed by atoms with Crippen LogP contribution in [0.5, 0.6) is 0 Å². The van der Waals surface area contributed by atoms with Crippen LogP contribution in [0.2, 0.25) is 5.04 Å². The van der Waals surface area contributed by atoms with Gasteiger partial charge in [0.25, 0.3) is 8.32 Å². The molecule has 5 heteroatoms. The quantitative estimate of drug-likeness (QED) is 0.545. The number of aliphatic hydroxyl groups excluding tert-OH is 1. The molecule has 0 spiro atoms. The Balaban J connectivity index is 1.53. The zero-order valence-corrected chi connectivity index (χ0v) is 19.3. The van der Waals surface area contributed by atoms with Crippen LogP contribution in [0.1, 0.15) is 40.0 Å². The standard InChI is InChI=1S/C25H34O4Si/c1-25(2,3)30(19-11-6-4-7-12-19,20-13-8-5-9-14-20)28-18-24-23(29-24)17-22-21(26)15-10-16-27-22/h4-9,11-14,21-24,26H,10,15-18H2,1-3H3/t21-,22+,23+,24+/m0/s1. The van der Waals surface area contributed by atoms with Crippen molar-refractivity contribution in [2.24, 2.45) is 0 Å². The molecule has 0 saturated carbocycles. The summed E-state index contributed by atoms with van der Waals surface area (Å²) in [6.07, 6.45) is 2.20. The van der Waals surface area contributed by atoms with Crippen molar-refractivity contribution in [1.82, 2.24) is 0 Å². The zero-order chi connectivity index (χ0) is 21.2. The fourth-order valence-corrected chi connectivity index (χ4v) is 9.35. The molecule has 2 aromatic rings. The summed E-state index contributed by atoms with van der Waals surface area (Å²) in [6, 6.07) is 21.4. The predicted octanol–water partition coefficient (Wildman–Crippen LogP) is 3.26. The Morgan fingerprint density at radius 2 is 1.53 bits per heavy atom. The number of epoxide rings is 1. The smallest absolute Gasteiger partial charge is 0.261 e. The Bertz CT molecular complexity index is 765. The van der Waals surface area contributed by atoms with E-state index >= 15 is 0 Å². The fraction of sp³-hybridized carbons (Fsp3) is 0.520. The maximum atomic E-state index is 10.2. The molecule has 0 amide bonds. The van der Waals surface area contributed by atoms with E-state index in [1.54, 1.807) is 0 Å².